The molecule has 15 heavy (non-hydrogen) atoms. The smallest absolute Gasteiger partial charge is 0.115 e. The van der Waals surface area contributed by atoms with Crippen molar-refractivity contribution in [3.8, 4) is 5.75 Å². The van der Waals surface area contributed by atoms with E-state index in [2.05, 4.69) is 0 Å². The van der Waals surface area contributed by atoms with E-state index >= 15 is 0 Å². The van der Waals surface area contributed by atoms with Gasteiger partial charge in [0.15, 0.2) is 0 Å². The number of aliphatic hydroxyl groups is 1. The third kappa shape index (κ3) is 2.32. The predicted octanol–water partition coefficient (Wildman–Crippen LogP) is 2.49. The maximum Gasteiger partial charge on any atom is 0.115 e. The summed E-state index contributed by atoms with van der Waals surface area (Å²) in [5.74, 6) is 0.742. The van der Waals surface area contributed by atoms with E-state index in [9.17, 15) is 10.2 Å². The molecule has 1 aromatic carbocycles. The number of benzene rings is 1. The molecule has 1 unspecified atom stereocenters. The molecule has 0 amide bonds. The first kappa shape index (κ1) is 10.5. The summed E-state index contributed by atoms with van der Waals surface area (Å²) in [6.07, 6.45) is 3.72. The third-order valence-electron chi connectivity index (χ3n) is 3.37. The number of rotatable bonds is 4. The van der Waals surface area contributed by atoms with Gasteiger partial charge in [-0.25, -0.2) is 0 Å². The monoisotopic (exact) mass is 206 g/mol. The van der Waals surface area contributed by atoms with Crippen LogP contribution in [0.15, 0.2) is 24.3 Å². The molecule has 2 rings (SSSR count). The van der Waals surface area contributed by atoms with E-state index in [0.29, 0.717) is 12.3 Å². The molecule has 0 saturated heterocycles. The topological polar surface area (TPSA) is 40.5 Å². The second-order valence-electron chi connectivity index (χ2n) is 4.58. The zero-order valence-electron chi connectivity index (χ0n) is 9.11. The summed E-state index contributed by atoms with van der Waals surface area (Å²) in [6, 6.07) is 7.19. The number of hydrogen-bond acceptors (Lipinski definition) is 2. The Morgan fingerprint density at radius 3 is 2.67 bits per heavy atom. The van der Waals surface area contributed by atoms with Gasteiger partial charge < -0.3 is 10.2 Å². The van der Waals surface area contributed by atoms with Crippen molar-refractivity contribution in [2.45, 2.75) is 38.2 Å². The number of aromatic hydroxyl groups is 1. The van der Waals surface area contributed by atoms with Crippen molar-refractivity contribution in [1.29, 1.82) is 0 Å². The Bertz CT molecular complexity index is 344. The van der Waals surface area contributed by atoms with Gasteiger partial charge in [0.05, 0.1) is 5.60 Å². The van der Waals surface area contributed by atoms with Crippen molar-refractivity contribution in [1.82, 2.24) is 0 Å². The minimum atomic E-state index is -0.562. The largest absolute Gasteiger partial charge is 0.508 e. The van der Waals surface area contributed by atoms with Crippen LogP contribution in [-0.2, 0) is 6.42 Å². The van der Waals surface area contributed by atoms with E-state index in [0.717, 1.165) is 24.8 Å². The molecule has 82 valence electrons. The highest BCUT2D eigenvalue weighted by Crippen LogP contribution is 2.43. The van der Waals surface area contributed by atoms with Crippen LogP contribution in [0.2, 0.25) is 0 Å². The van der Waals surface area contributed by atoms with Crippen molar-refractivity contribution in [2.75, 3.05) is 0 Å². The lowest BCUT2D eigenvalue weighted by Crippen LogP contribution is -2.33. The molecule has 0 bridgehead atoms. The summed E-state index contributed by atoms with van der Waals surface area (Å²) in [4.78, 5) is 0. The molecular formula is C13H18O2. The predicted molar refractivity (Wildman–Crippen MR) is 59.8 cm³/mol. The Kier molecular flexibility index (Phi) is 2.70. The van der Waals surface area contributed by atoms with Crippen LogP contribution < -0.4 is 0 Å². The first-order valence-electron chi connectivity index (χ1n) is 5.64. The maximum absolute atomic E-state index is 10.4. The van der Waals surface area contributed by atoms with E-state index in [1.165, 1.54) is 0 Å². The van der Waals surface area contributed by atoms with Gasteiger partial charge in [-0.1, -0.05) is 19.1 Å². The van der Waals surface area contributed by atoms with Gasteiger partial charge in [0, 0.05) is 6.42 Å². The molecule has 1 saturated carbocycles. The second-order valence-corrected chi connectivity index (χ2v) is 4.58. The molecule has 1 aliphatic carbocycles. The molecule has 0 spiro atoms. The highest BCUT2D eigenvalue weighted by Gasteiger charge is 2.42. The standard InChI is InChI=1S/C13H18O2/c1-2-13(15,11-6-7-11)9-10-4-3-5-12(14)8-10/h3-5,8,11,14-15H,2,6-7,9H2,1H3. The van der Waals surface area contributed by atoms with Gasteiger partial charge in [-0.05, 0) is 42.9 Å². The molecule has 1 aliphatic rings. The fourth-order valence-electron chi connectivity index (χ4n) is 2.20. The molecule has 2 heteroatoms. The molecule has 0 heterocycles. The number of hydrogen-bond donors (Lipinski definition) is 2. The summed E-state index contributed by atoms with van der Waals surface area (Å²) in [6.45, 7) is 2.03. The number of phenols is 1. The summed E-state index contributed by atoms with van der Waals surface area (Å²) in [7, 11) is 0. The number of phenolic OH excluding ortho intramolecular Hbond substituents is 1. The minimum Gasteiger partial charge on any atom is -0.508 e. The first-order chi connectivity index (χ1) is 7.14. The Morgan fingerprint density at radius 1 is 1.40 bits per heavy atom. The molecule has 2 N–H and O–H groups in total. The van der Waals surface area contributed by atoms with Gasteiger partial charge in [0.25, 0.3) is 0 Å². The van der Waals surface area contributed by atoms with Crippen LogP contribution in [-0.4, -0.2) is 15.8 Å². The van der Waals surface area contributed by atoms with Crippen LogP contribution in [0.25, 0.3) is 0 Å². The van der Waals surface area contributed by atoms with Gasteiger partial charge in [0.2, 0.25) is 0 Å². The van der Waals surface area contributed by atoms with Crippen LogP contribution in [0.3, 0.4) is 0 Å². The van der Waals surface area contributed by atoms with Gasteiger partial charge in [-0.2, -0.15) is 0 Å². The lowest BCUT2D eigenvalue weighted by Gasteiger charge is -2.26. The fraction of sp³-hybridized carbons (Fsp3) is 0.538. The lowest BCUT2D eigenvalue weighted by molar-refractivity contribution is 0.0139. The Balaban J connectivity index is 2.12. The minimum absolute atomic E-state index is 0.279. The molecule has 1 aromatic rings. The summed E-state index contributed by atoms with van der Waals surface area (Å²) in [5, 5.41) is 19.8. The van der Waals surface area contributed by atoms with Crippen molar-refractivity contribution in [2.24, 2.45) is 5.92 Å². The highest BCUT2D eigenvalue weighted by molar-refractivity contribution is 5.28. The summed E-state index contributed by atoms with van der Waals surface area (Å²) >= 11 is 0. The Labute approximate surface area is 90.6 Å². The van der Waals surface area contributed by atoms with Crippen molar-refractivity contribution < 1.29 is 10.2 Å². The van der Waals surface area contributed by atoms with Gasteiger partial charge in [0.1, 0.15) is 5.75 Å². The molecule has 0 aromatic heterocycles. The summed E-state index contributed by atoms with van der Waals surface area (Å²) < 4.78 is 0. The van der Waals surface area contributed by atoms with Crippen LogP contribution in [0.5, 0.6) is 5.75 Å². The van der Waals surface area contributed by atoms with Gasteiger partial charge in [-0.3, -0.25) is 0 Å². The van der Waals surface area contributed by atoms with Crippen molar-refractivity contribution >= 4 is 0 Å². The van der Waals surface area contributed by atoms with Crippen LogP contribution in [0.1, 0.15) is 31.7 Å². The fourth-order valence-corrected chi connectivity index (χ4v) is 2.20. The van der Waals surface area contributed by atoms with E-state index in [1.54, 1.807) is 12.1 Å². The van der Waals surface area contributed by atoms with Gasteiger partial charge in [-0.15, -0.1) is 0 Å². The molecule has 1 fully saturated rings. The van der Waals surface area contributed by atoms with Crippen LogP contribution >= 0.6 is 0 Å². The average molecular weight is 206 g/mol. The zero-order valence-corrected chi connectivity index (χ0v) is 9.11. The van der Waals surface area contributed by atoms with Crippen molar-refractivity contribution in [3.63, 3.8) is 0 Å². The van der Waals surface area contributed by atoms with E-state index in [-0.39, 0.29) is 5.75 Å². The normalized spacial score (nSPS) is 19.9. The van der Waals surface area contributed by atoms with E-state index in [1.807, 2.05) is 19.1 Å². The van der Waals surface area contributed by atoms with Crippen molar-refractivity contribution in [3.05, 3.63) is 29.8 Å². The highest BCUT2D eigenvalue weighted by atomic mass is 16.3. The van der Waals surface area contributed by atoms with E-state index < -0.39 is 5.60 Å². The second kappa shape index (κ2) is 3.86. The van der Waals surface area contributed by atoms with Gasteiger partial charge >= 0.3 is 0 Å². The first-order valence-corrected chi connectivity index (χ1v) is 5.64. The maximum atomic E-state index is 10.4. The molecular weight excluding hydrogens is 188 g/mol. The van der Waals surface area contributed by atoms with Crippen LogP contribution in [0, 0.1) is 5.92 Å². The molecule has 2 nitrogen and oxygen atoms in total. The average Bonchev–Trinajstić information content (AvgIpc) is 3.01. The Hall–Kier alpha value is -1.02. The zero-order chi connectivity index (χ0) is 10.9. The van der Waals surface area contributed by atoms with Crippen LogP contribution in [0.4, 0.5) is 0 Å². The third-order valence-corrected chi connectivity index (χ3v) is 3.37. The quantitative estimate of drug-likeness (QED) is 0.794. The molecule has 1 atom stereocenters. The Morgan fingerprint density at radius 2 is 2.13 bits per heavy atom. The summed E-state index contributed by atoms with van der Waals surface area (Å²) in [5.41, 5.74) is 0.458. The molecule has 0 aliphatic heterocycles. The molecule has 0 radical (unpaired) electrons. The SMILES string of the molecule is CCC(O)(Cc1cccc(O)c1)C1CC1. The lowest BCUT2D eigenvalue weighted by atomic mass is 9.87. The van der Waals surface area contributed by atoms with E-state index in [4.69, 9.17) is 0 Å².